The Morgan fingerprint density at radius 1 is 0.844 bits per heavy atom. The normalized spacial score (nSPS) is 16.9. The molecule has 1 nitrogen and oxygen atoms in total. The quantitative estimate of drug-likeness (QED) is 0.359. The van der Waals surface area contributed by atoms with Gasteiger partial charge in [0, 0.05) is 11.2 Å². The molecule has 1 unspecified atom stereocenters. The Morgan fingerprint density at radius 3 is 1.75 bits per heavy atom. The molecule has 0 aliphatic heterocycles. The zero-order chi connectivity index (χ0) is 22.3. The third kappa shape index (κ3) is 6.99. The molecule has 0 amide bonds. The van der Waals surface area contributed by atoms with Crippen LogP contribution in [0.15, 0.2) is 109 Å². The van der Waals surface area contributed by atoms with Crippen molar-refractivity contribution in [2.45, 2.75) is 44.9 Å². The standard InChI is InChI=1S/C23H26OP2.C5H6.Fe/c1-18(21-16-11-17-22(21)26(24)23(2,3)4)25(19-12-7-5-8-13-19)20-14-9-6-10-15-20;1-2-4-5-3-1;/h5-18H,1-4H3;1-4H,5H2;/q;;+2/t18-;;/m0../s1. The second kappa shape index (κ2) is 12.6. The summed E-state index contributed by atoms with van der Waals surface area (Å²) in [6, 6.07) is 21.5. The number of benzene rings is 2. The smallest absolute Gasteiger partial charge is 0.630 e. The van der Waals surface area contributed by atoms with E-state index in [1.807, 2.05) is 0 Å². The molecule has 0 radical (unpaired) electrons. The Labute approximate surface area is 206 Å². The molecule has 166 valence electrons. The minimum Gasteiger partial charge on any atom is -0.630 e. The predicted molar refractivity (Wildman–Crippen MR) is 140 cm³/mol. The van der Waals surface area contributed by atoms with Crippen molar-refractivity contribution in [3.05, 3.63) is 109 Å². The van der Waals surface area contributed by atoms with Crippen molar-refractivity contribution in [1.82, 2.24) is 0 Å². The first-order valence-electron chi connectivity index (χ1n) is 10.8. The molecule has 0 saturated carbocycles. The maximum Gasteiger partial charge on any atom is 2.00 e. The van der Waals surface area contributed by atoms with E-state index < -0.39 is 15.7 Å². The van der Waals surface area contributed by atoms with Crippen LogP contribution in [0.25, 0.3) is 0 Å². The Kier molecular flexibility index (Phi) is 10.6. The Morgan fingerprint density at radius 2 is 1.34 bits per heavy atom. The second-order valence-electron chi connectivity index (χ2n) is 8.64. The van der Waals surface area contributed by atoms with Crippen LogP contribution in [0.5, 0.6) is 0 Å². The van der Waals surface area contributed by atoms with Gasteiger partial charge in [0.1, 0.15) is 10.4 Å². The SMILES string of the molecule is C1=CCC=C1.C[C@@H](C1=CC=CC1=[P+]([O-])C(C)(C)C)P(c1ccccc1)c1ccccc1.[Fe+2]. The van der Waals surface area contributed by atoms with Crippen LogP contribution in [0.3, 0.4) is 0 Å². The molecule has 2 aliphatic carbocycles. The third-order valence-corrected chi connectivity index (χ3v) is 10.0. The molecule has 0 saturated heterocycles. The van der Waals surface area contributed by atoms with Crippen molar-refractivity contribution >= 4 is 31.6 Å². The molecular weight excluding hydrogens is 470 g/mol. The van der Waals surface area contributed by atoms with Crippen LogP contribution in [0.1, 0.15) is 34.1 Å². The van der Waals surface area contributed by atoms with E-state index in [-0.39, 0.29) is 22.2 Å². The monoisotopic (exact) mass is 502 g/mol. The molecule has 2 aromatic rings. The summed E-state index contributed by atoms with van der Waals surface area (Å²) in [5, 5.41) is 3.53. The average Bonchev–Trinajstić information content (AvgIpc) is 3.49. The van der Waals surface area contributed by atoms with Gasteiger partial charge >= 0.3 is 17.1 Å². The molecule has 0 aromatic heterocycles. The summed E-state index contributed by atoms with van der Waals surface area (Å²) in [7, 11) is -2.00. The first kappa shape index (κ1) is 26.7. The minimum atomic E-state index is -1.44. The summed E-state index contributed by atoms with van der Waals surface area (Å²) < 4.78 is 0. The Hall–Kier alpha value is -1.52. The summed E-state index contributed by atoms with van der Waals surface area (Å²) in [6.45, 7) is 8.47. The van der Waals surface area contributed by atoms with Crippen LogP contribution < -0.4 is 15.5 Å². The molecule has 0 fully saturated rings. The molecule has 0 heterocycles. The van der Waals surface area contributed by atoms with E-state index in [1.54, 1.807) is 0 Å². The van der Waals surface area contributed by atoms with Crippen LogP contribution >= 0.6 is 15.7 Å². The summed E-state index contributed by atoms with van der Waals surface area (Å²) >= 11 is 0. The third-order valence-electron chi connectivity index (χ3n) is 5.22. The molecule has 4 rings (SSSR count). The van der Waals surface area contributed by atoms with Gasteiger partial charge < -0.3 is 4.89 Å². The van der Waals surface area contributed by atoms with Gasteiger partial charge in [0.05, 0.1) is 7.77 Å². The van der Waals surface area contributed by atoms with Gasteiger partial charge in [0.2, 0.25) is 0 Å². The van der Waals surface area contributed by atoms with Crippen molar-refractivity contribution in [3.63, 3.8) is 0 Å². The Bertz CT molecular complexity index is 963. The summed E-state index contributed by atoms with van der Waals surface area (Å²) in [6.07, 6.45) is 15.8. The van der Waals surface area contributed by atoms with Crippen molar-refractivity contribution in [1.29, 1.82) is 0 Å². The molecule has 2 aliphatic rings. The van der Waals surface area contributed by atoms with E-state index in [0.29, 0.717) is 5.66 Å². The van der Waals surface area contributed by atoms with Gasteiger partial charge in [0.15, 0.2) is 0 Å². The van der Waals surface area contributed by atoms with Crippen LogP contribution in [0.2, 0.25) is 0 Å². The summed E-state index contributed by atoms with van der Waals surface area (Å²) in [4.78, 5) is 13.1. The maximum atomic E-state index is 13.1. The van der Waals surface area contributed by atoms with E-state index >= 15 is 0 Å². The van der Waals surface area contributed by atoms with E-state index in [0.717, 1.165) is 11.7 Å². The van der Waals surface area contributed by atoms with E-state index in [2.05, 4.69) is 131 Å². The first-order chi connectivity index (χ1) is 14.9. The zero-order valence-corrected chi connectivity index (χ0v) is 22.1. The van der Waals surface area contributed by atoms with Crippen LogP contribution in [-0.4, -0.2) is 16.1 Å². The van der Waals surface area contributed by atoms with Gasteiger partial charge in [-0.05, 0) is 51.8 Å². The summed E-state index contributed by atoms with van der Waals surface area (Å²) in [5.74, 6) is 0. The van der Waals surface area contributed by atoms with Crippen molar-refractivity contribution < 1.29 is 22.0 Å². The Balaban J connectivity index is 0.000000534. The average molecular weight is 502 g/mol. The fraction of sp³-hybridized carbons (Fsp3) is 0.250. The number of hydrogen-bond donors (Lipinski definition) is 0. The van der Waals surface area contributed by atoms with Crippen molar-refractivity contribution in [3.8, 4) is 0 Å². The summed E-state index contributed by atoms with van der Waals surface area (Å²) in [5.41, 5.74) is 1.54. The molecule has 0 spiro atoms. The van der Waals surface area contributed by atoms with E-state index in [1.165, 1.54) is 16.2 Å². The topological polar surface area (TPSA) is 23.1 Å². The van der Waals surface area contributed by atoms with Gasteiger partial charge in [-0.25, -0.2) is 0 Å². The van der Waals surface area contributed by atoms with Crippen LogP contribution in [0.4, 0.5) is 0 Å². The zero-order valence-electron chi connectivity index (χ0n) is 19.3. The van der Waals surface area contributed by atoms with E-state index in [4.69, 9.17) is 0 Å². The van der Waals surface area contributed by atoms with Crippen LogP contribution in [-0.2, 0) is 17.1 Å². The number of rotatable bonds is 4. The fourth-order valence-electron chi connectivity index (χ4n) is 3.63. The number of allylic oxidation sites excluding steroid dienone is 8. The molecule has 4 heteroatoms. The maximum absolute atomic E-state index is 13.1. The molecule has 2 atom stereocenters. The minimum absolute atomic E-state index is 0. The molecular formula is C28H32FeOP2+2. The first-order valence-corrected chi connectivity index (χ1v) is 13.5. The van der Waals surface area contributed by atoms with Gasteiger partial charge in [0.25, 0.3) is 0 Å². The van der Waals surface area contributed by atoms with Crippen molar-refractivity contribution in [2.75, 3.05) is 0 Å². The molecule has 0 N–H and O–H groups in total. The van der Waals surface area contributed by atoms with Crippen LogP contribution in [0, 0.1) is 0 Å². The molecule has 2 aromatic carbocycles. The second-order valence-corrected chi connectivity index (χ2v) is 13.6. The predicted octanol–water partition coefficient (Wildman–Crippen LogP) is 6.23. The van der Waals surface area contributed by atoms with Gasteiger partial charge in [-0.3, -0.25) is 0 Å². The van der Waals surface area contributed by atoms with Gasteiger partial charge in [-0.15, -0.1) is 0 Å². The van der Waals surface area contributed by atoms with E-state index in [9.17, 15) is 4.89 Å². The largest absolute Gasteiger partial charge is 2.00 e. The van der Waals surface area contributed by atoms with Gasteiger partial charge in [-0.2, -0.15) is 0 Å². The molecule has 0 bridgehead atoms. The number of hydrogen-bond acceptors (Lipinski definition) is 1. The fourth-order valence-corrected chi connectivity index (χ4v) is 7.86. The van der Waals surface area contributed by atoms with Gasteiger partial charge in [-0.1, -0.05) is 104 Å². The van der Waals surface area contributed by atoms with Crippen molar-refractivity contribution in [2.24, 2.45) is 0 Å². The molecule has 32 heavy (non-hydrogen) atoms.